The van der Waals surface area contributed by atoms with Crippen LogP contribution in [0.2, 0.25) is 0 Å². The number of piperazine rings is 1. The standard InChI is InChI=1S/C21H22N4O2S2/c26-21(15-5-7-22-19(13-15)27-16-6-12-28-14-16)25-10-8-24(9-11-25)20-17-3-1-2-4-18(17)29-23-20/h1-5,7,13,16H,6,8-12,14H2. The van der Waals surface area contributed by atoms with Crippen molar-refractivity contribution in [2.45, 2.75) is 12.5 Å². The van der Waals surface area contributed by atoms with E-state index in [1.54, 1.807) is 18.3 Å². The van der Waals surface area contributed by atoms with Crippen molar-refractivity contribution < 1.29 is 9.53 Å². The third-order valence-electron chi connectivity index (χ3n) is 5.38. The molecule has 1 atom stereocenters. The van der Waals surface area contributed by atoms with Crippen LogP contribution in [0.5, 0.6) is 5.88 Å². The third kappa shape index (κ3) is 3.91. The summed E-state index contributed by atoms with van der Waals surface area (Å²) in [6.45, 7) is 2.94. The number of thioether (sulfide) groups is 1. The van der Waals surface area contributed by atoms with E-state index in [2.05, 4.69) is 26.4 Å². The Bertz CT molecular complexity index is 1010. The molecule has 0 spiro atoms. The van der Waals surface area contributed by atoms with Gasteiger partial charge in [-0.15, -0.1) is 0 Å². The van der Waals surface area contributed by atoms with E-state index >= 15 is 0 Å². The van der Waals surface area contributed by atoms with Gasteiger partial charge in [-0.25, -0.2) is 4.98 Å². The van der Waals surface area contributed by atoms with Crippen molar-refractivity contribution in [3.05, 3.63) is 48.2 Å². The minimum atomic E-state index is 0.0424. The number of hydrogen-bond acceptors (Lipinski definition) is 7. The Morgan fingerprint density at radius 3 is 2.83 bits per heavy atom. The van der Waals surface area contributed by atoms with Gasteiger partial charge in [-0.2, -0.15) is 16.1 Å². The van der Waals surface area contributed by atoms with E-state index < -0.39 is 0 Å². The first kappa shape index (κ1) is 18.7. The molecule has 2 aliphatic rings. The second kappa shape index (κ2) is 8.20. The normalized spacial score (nSPS) is 19.7. The van der Waals surface area contributed by atoms with Crippen molar-refractivity contribution >= 4 is 45.1 Å². The monoisotopic (exact) mass is 426 g/mol. The van der Waals surface area contributed by atoms with Crippen molar-refractivity contribution in [2.24, 2.45) is 0 Å². The fraction of sp³-hybridized carbons (Fsp3) is 0.381. The van der Waals surface area contributed by atoms with Gasteiger partial charge in [0.25, 0.3) is 5.91 Å². The van der Waals surface area contributed by atoms with Crippen molar-refractivity contribution in [1.82, 2.24) is 14.3 Å². The first-order chi connectivity index (χ1) is 14.3. The van der Waals surface area contributed by atoms with Crippen molar-refractivity contribution in [3.63, 3.8) is 0 Å². The Morgan fingerprint density at radius 1 is 1.14 bits per heavy atom. The first-order valence-corrected chi connectivity index (χ1v) is 11.8. The van der Waals surface area contributed by atoms with Crippen LogP contribution in [-0.4, -0.2) is 64.0 Å². The molecular weight excluding hydrogens is 404 g/mol. The van der Waals surface area contributed by atoms with E-state index in [4.69, 9.17) is 4.74 Å². The summed E-state index contributed by atoms with van der Waals surface area (Å²) in [5.74, 6) is 3.75. The molecule has 2 aromatic heterocycles. The lowest BCUT2D eigenvalue weighted by molar-refractivity contribution is 0.0745. The molecule has 0 saturated carbocycles. The number of aromatic nitrogens is 2. The number of fused-ring (bicyclic) bond motifs is 1. The lowest BCUT2D eigenvalue weighted by Gasteiger charge is -2.35. The molecule has 2 fully saturated rings. The van der Waals surface area contributed by atoms with Gasteiger partial charge in [0.15, 0.2) is 0 Å². The predicted octanol–water partition coefficient (Wildman–Crippen LogP) is 3.54. The largest absolute Gasteiger partial charge is 0.473 e. The highest BCUT2D eigenvalue weighted by atomic mass is 32.2. The molecule has 1 amide bonds. The summed E-state index contributed by atoms with van der Waals surface area (Å²) in [7, 11) is 0. The number of anilines is 1. The number of hydrogen-bond donors (Lipinski definition) is 0. The van der Waals surface area contributed by atoms with E-state index in [1.165, 1.54) is 21.6 Å². The van der Waals surface area contributed by atoms with E-state index in [9.17, 15) is 4.79 Å². The van der Waals surface area contributed by atoms with Crippen LogP contribution in [0.3, 0.4) is 0 Å². The number of carbonyl (C=O) groups is 1. The molecule has 29 heavy (non-hydrogen) atoms. The van der Waals surface area contributed by atoms with Crippen molar-refractivity contribution in [2.75, 3.05) is 42.6 Å². The summed E-state index contributed by atoms with van der Waals surface area (Å²) < 4.78 is 11.8. The number of ether oxygens (including phenoxy) is 1. The Morgan fingerprint density at radius 2 is 2.00 bits per heavy atom. The molecule has 3 aromatic rings. The Labute approximate surface area is 178 Å². The van der Waals surface area contributed by atoms with E-state index in [0.717, 1.165) is 36.8 Å². The summed E-state index contributed by atoms with van der Waals surface area (Å²) >= 11 is 3.43. The van der Waals surface area contributed by atoms with Crippen LogP contribution in [0.15, 0.2) is 42.6 Å². The predicted molar refractivity (Wildman–Crippen MR) is 118 cm³/mol. The summed E-state index contributed by atoms with van der Waals surface area (Å²) in [6.07, 6.45) is 2.91. The van der Waals surface area contributed by atoms with Crippen LogP contribution in [0.1, 0.15) is 16.8 Å². The zero-order chi connectivity index (χ0) is 19.6. The summed E-state index contributed by atoms with van der Waals surface area (Å²) in [4.78, 5) is 21.5. The first-order valence-electron chi connectivity index (χ1n) is 9.87. The van der Waals surface area contributed by atoms with Gasteiger partial charge in [0.2, 0.25) is 5.88 Å². The second-order valence-corrected chi connectivity index (χ2v) is 9.22. The maximum Gasteiger partial charge on any atom is 0.254 e. The zero-order valence-electron chi connectivity index (χ0n) is 16.0. The molecule has 5 rings (SSSR count). The minimum Gasteiger partial charge on any atom is -0.473 e. The summed E-state index contributed by atoms with van der Waals surface area (Å²) in [6, 6.07) is 11.9. The Hall–Kier alpha value is -2.32. The number of rotatable bonds is 4. The van der Waals surface area contributed by atoms with E-state index in [0.29, 0.717) is 24.5 Å². The van der Waals surface area contributed by atoms with Crippen LogP contribution < -0.4 is 9.64 Å². The number of benzene rings is 1. The molecule has 1 aromatic carbocycles. The average Bonchev–Trinajstić information content (AvgIpc) is 3.43. The van der Waals surface area contributed by atoms with Gasteiger partial charge in [-0.05, 0) is 41.9 Å². The van der Waals surface area contributed by atoms with E-state index in [1.807, 2.05) is 28.8 Å². The molecule has 0 aliphatic carbocycles. The summed E-state index contributed by atoms with van der Waals surface area (Å²) in [5.41, 5.74) is 0.646. The van der Waals surface area contributed by atoms with Gasteiger partial charge in [0.1, 0.15) is 11.9 Å². The van der Waals surface area contributed by atoms with Gasteiger partial charge in [-0.1, -0.05) is 12.1 Å². The number of pyridine rings is 1. The highest BCUT2D eigenvalue weighted by molar-refractivity contribution is 7.99. The Kier molecular flexibility index (Phi) is 5.28. The number of carbonyl (C=O) groups excluding carboxylic acids is 1. The molecule has 0 N–H and O–H groups in total. The molecule has 1 unspecified atom stereocenters. The second-order valence-electron chi connectivity index (χ2n) is 7.27. The van der Waals surface area contributed by atoms with Gasteiger partial charge in [0, 0.05) is 55.1 Å². The molecule has 150 valence electrons. The molecule has 0 bridgehead atoms. The highest BCUT2D eigenvalue weighted by Gasteiger charge is 2.25. The average molecular weight is 427 g/mol. The Balaban J connectivity index is 1.24. The number of nitrogens with zero attached hydrogens (tertiary/aromatic N) is 4. The van der Waals surface area contributed by atoms with Gasteiger partial charge < -0.3 is 14.5 Å². The van der Waals surface area contributed by atoms with Gasteiger partial charge >= 0.3 is 0 Å². The highest BCUT2D eigenvalue weighted by Crippen LogP contribution is 2.30. The van der Waals surface area contributed by atoms with Crippen molar-refractivity contribution in [1.29, 1.82) is 0 Å². The maximum absolute atomic E-state index is 13.0. The van der Waals surface area contributed by atoms with Crippen LogP contribution in [-0.2, 0) is 0 Å². The molecule has 4 heterocycles. The van der Waals surface area contributed by atoms with Crippen LogP contribution in [0, 0.1) is 0 Å². The quantitative estimate of drug-likeness (QED) is 0.636. The zero-order valence-corrected chi connectivity index (χ0v) is 17.6. The molecule has 2 saturated heterocycles. The SMILES string of the molecule is O=C(c1ccnc(OC2CCSC2)c1)N1CCN(c2nsc3ccccc23)CC1. The molecule has 0 radical (unpaired) electrons. The topological polar surface area (TPSA) is 58.6 Å². The maximum atomic E-state index is 13.0. The lowest BCUT2D eigenvalue weighted by atomic mass is 10.2. The van der Waals surface area contributed by atoms with Gasteiger partial charge in [0.05, 0.1) is 4.70 Å². The fourth-order valence-corrected chi connectivity index (χ4v) is 5.68. The minimum absolute atomic E-state index is 0.0424. The molecular formula is C21H22N4O2S2. The lowest BCUT2D eigenvalue weighted by Crippen LogP contribution is -2.49. The molecule has 2 aliphatic heterocycles. The van der Waals surface area contributed by atoms with Gasteiger partial charge in [-0.3, -0.25) is 4.79 Å². The van der Waals surface area contributed by atoms with Crippen LogP contribution >= 0.6 is 23.3 Å². The molecule has 6 nitrogen and oxygen atoms in total. The van der Waals surface area contributed by atoms with Crippen molar-refractivity contribution in [3.8, 4) is 5.88 Å². The van der Waals surface area contributed by atoms with Crippen LogP contribution in [0.4, 0.5) is 5.82 Å². The number of amides is 1. The van der Waals surface area contributed by atoms with Crippen LogP contribution in [0.25, 0.3) is 10.1 Å². The summed E-state index contributed by atoms with van der Waals surface area (Å²) in [5, 5.41) is 1.19. The fourth-order valence-electron chi connectivity index (χ4n) is 3.79. The molecule has 8 heteroatoms. The third-order valence-corrected chi connectivity index (χ3v) is 7.33. The smallest absolute Gasteiger partial charge is 0.254 e. The van der Waals surface area contributed by atoms with E-state index in [-0.39, 0.29) is 12.0 Å².